The monoisotopic (exact) mass is 276 g/mol. The third-order valence-corrected chi connectivity index (χ3v) is 4.63. The van der Waals surface area contributed by atoms with Gasteiger partial charge in [0.1, 0.15) is 0 Å². The summed E-state index contributed by atoms with van der Waals surface area (Å²) in [5.41, 5.74) is 1.83. The van der Waals surface area contributed by atoms with E-state index in [1.807, 2.05) is 13.0 Å². The summed E-state index contributed by atoms with van der Waals surface area (Å²) in [5, 5.41) is 14.3. The SMILES string of the molecule is CCC1CCC(CNc2cccc([N+](=O)[O-])c2C)CC1. The second kappa shape index (κ2) is 6.73. The van der Waals surface area contributed by atoms with Crippen LogP contribution in [-0.4, -0.2) is 11.5 Å². The van der Waals surface area contributed by atoms with Crippen molar-refractivity contribution >= 4 is 11.4 Å². The van der Waals surface area contributed by atoms with Crippen molar-refractivity contribution in [1.82, 2.24) is 0 Å². The molecule has 0 aliphatic heterocycles. The van der Waals surface area contributed by atoms with Gasteiger partial charge in [-0.15, -0.1) is 0 Å². The van der Waals surface area contributed by atoms with E-state index in [-0.39, 0.29) is 10.6 Å². The van der Waals surface area contributed by atoms with E-state index in [1.54, 1.807) is 12.1 Å². The highest BCUT2D eigenvalue weighted by atomic mass is 16.6. The molecule has 4 nitrogen and oxygen atoms in total. The lowest BCUT2D eigenvalue weighted by Crippen LogP contribution is -2.21. The molecular weight excluding hydrogens is 252 g/mol. The van der Waals surface area contributed by atoms with Crippen LogP contribution in [0, 0.1) is 28.9 Å². The minimum absolute atomic E-state index is 0.199. The zero-order valence-electron chi connectivity index (χ0n) is 12.4. The molecule has 1 aromatic rings. The molecule has 0 saturated heterocycles. The Morgan fingerprint density at radius 1 is 1.25 bits per heavy atom. The quantitative estimate of drug-likeness (QED) is 0.635. The third-order valence-electron chi connectivity index (χ3n) is 4.63. The predicted molar refractivity (Wildman–Crippen MR) is 82.1 cm³/mol. The molecule has 0 radical (unpaired) electrons. The van der Waals surface area contributed by atoms with Gasteiger partial charge in [-0.2, -0.15) is 0 Å². The minimum Gasteiger partial charge on any atom is -0.384 e. The van der Waals surface area contributed by atoms with E-state index in [2.05, 4.69) is 12.2 Å². The Hall–Kier alpha value is -1.58. The minimum atomic E-state index is -0.313. The lowest BCUT2D eigenvalue weighted by atomic mass is 9.81. The maximum atomic E-state index is 10.9. The summed E-state index contributed by atoms with van der Waals surface area (Å²) in [6.45, 7) is 5.02. The number of nitrogens with one attached hydrogen (secondary N) is 1. The molecule has 1 fully saturated rings. The van der Waals surface area contributed by atoms with E-state index >= 15 is 0 Å². The van der Waals surface area contributed by atoms with E-state index in [0.717, 1.165) is 23.7 Å². The fourth-order valence-corrected chi connectivity index (χ4v) is 3.11. The lowest BCUT2D eigenvalue weighted by molar-refractivity contribution is -0.385. The van der Waals surface area contributed by atoms with Crippen molar-refractivity contribution in [3.05, 3.63) is 33.9 Å². The summed E-state index contributed by atoms with van der Waals surface area (Å²) in [5.74, 6) is 1.61. The van der Waals surface area contributed by atoms with Gasteiger partial charge >= 0.3 is 0 Å². The lowest BCUT2D eigenvalue weighted by Gasteiger charge is -2.28. The molecule has 1 N–H and O–H groups in total. The molecule has 0 amide bonds. The van der Waals surface area contributed by atoms with Crippen molar-refractivity contribution in [3.8, 4) is 0 Å². The molecular formula is C16H24N2O2. The number of nitrogens with zero attached hydrogens (tertiary/aromatic N) is 1. The van der Waals surface area contributed by atoms with Gasteiger partial charge in [-0.1, -0.05) is 32.3 Å². The molecule has 0 bridgehead atoms. The fourth-order valence-electron chi connectivity index (χ4n) is 3.11. The van der Waals surface area contributed by atoms with E-state index in [0.29, 0.717) is 5.92 Å². The van der Waals surface area contributed by atoms with Gasteiger partial charge in [0.25, 0.3) is 5.69 Å². The topological polar surface area (TPSA) is 55.2 Å². The van der Waals surface area contributed by atoms with Gasteiger partial charge in [0.2, 0.25) is 0 Å². The summed E-state index contributed by atoms with van der Waals surface area (Å²) in [6.07, 6.45) is 6.51. The number of nitro groups is 1. The maximum absolute atomic E-state index is 10.9. The molecule has 0 spiro atoms. The van der Waals surface area contributed by atoms with E-state index in [1.165, 1.54) is 32.1 Å². The van der Waals surface area contributed by atoms with E-state index in [9.17, 15) is 10.1 Å². The molecule has 0 unspecified atom stereocenters. The highest BCUT2D eigenvalue weighted by Gasteiger charge is 2.20. The largest absolute Gasteiger partial charge is 0.384 e. The van der Waals surface area contributed by atoms with Crippen LogP contribution in [-0.2, 0) is 0 Å². The summed E-state index contributed by atoms with van der Waals surface area (Å²) >= 11 is 0. The first kappa shape index (κ1) is 14.8. The molecule has 0 aromatic heterocycles. The molecule has 0 heterocycles. The molecule has 0 atom stereocenters. The van der Waals surface area contributed by atoms with Crippen molar-refractivity contribution in [2.45, 2.75) is 46.0 Å². The van der Waals surface area contributed by atoms with E-state index in [4.69, 9.17) is 0 Å². The number of nitro benzene ring substituents is 1. The van der Waals surface area contributed by atoms with Crippen molar-refractivity contribution in [3.63, 3.8) is 0 Å². The van der Waals surface area contributed by atoms with Crippen molar-refractivity contribution in [2.75, 3.05) is 11.9 Å². The first-order chi connectivity index (χ1) is 9.61. The van der Waals surface area contributed by atoms with Gasteiger partial charge in [-0.25, -0.2) is 0 Å². The number of benzene rings is 1. The van der Waals surface area contributed by atoms with Crippen LogP contribution in [0.4, 0.5) is 11.4 Å². The number of hydrogen-bond donors (Lipinski definition) is 1. The normalized spacial score (nSPS) is 22.5. The molecule has 1 aliphatic carbocycles. The highest BCUT2D eigenvalue weighted by Crippen LogP contribution is 2.31. The van der Waals surface area contributed by atoms with Gasteiger partial charge < -0.3 is 5.32 Å². The van der Waals surface area contributed by atoms with Gasteiger partial charge in [0.05, 0.1) is 4.92 Å². The molecule has 20 heavy (non-hydrogen) atoms. The van der Waals surface area contributed by atoms with Gasteiger partial charge in [-0.05, 0) is 37.7 Å². The van der Waals surface area contributed by atoms with Gasteiger partial charge in [0, 0.05) is 23.9 Å². The predicted octanol–water partition coefficient (Wildman–Crippen LogP) is 4.53. The van der Waals surface area contributed by atoms with Crippen LogP contribution in [0.1, 0.15) is 44.6 Å². The van der Waals surface area contributed by atoms with Crippen LogP contribution in [0.25, 0.3) is 0 Å². The average Bonchev–Trinajstić information content (AvgIpc) is 2.46. The number of rotatable bonds is 5. The fraction of sp³-hybridized carbons (Fsp3) is 0.625. The Kier molecular flexibility index (Phi) is 4.99. The van der Waals surface area contributed by atoms with Crippen LogP contribution in [0.2, 0.25) is 0 Å². The first-order valence-electron chi connectivity index (χ1n) is 7.59. The van der Waals surface area contributed by atoms with E-state index < -0.39 is 0 Å². The molecule has 1 saturated carbocycles. The second-order valence-corrected chi connectivity index (χ2v) is 5.88. The Balaban J connectivity index is 1.92. The summed E-state index contributed by atoms with van der Waals surface area (Å²) in [4.78, 5) is 10.6. The van der Waals surface area contributed by atoms with Crippen LogP contribution >= 0.6 is 0 Å². The number of anilines is 1. The van der Waals surface area contributed by atoms with Crippen LogP contribution in [0.5, 0.6) is 0 Å². The average molecular weight is 276 g/mol. The van der Waals surface area contributed by atoms with Gasteiger partial charge in [-0.3, -0.25) is 10.1 Å². The zero-order valence-corrected chi connectivity index (χ0v) is 12.4. The van der Waals surface area contributed by atoms with Crippen molar-refractivity contribution in [1.29, 1.82) is 0 Å². The Bertz CT molecular complexity index is 466. The van der Waals surface area contributed by atoms with Crippen molar-refractivity contribution < 1.29 is 4.92 Å². The summed E-state index contributed by atoms with van der Waals surface area (Å²) < 4.78 is 0. The molecule has 2 rings (SSSR count). The highest BCUT2D eigenvalue weighted by molar-refractivity contribution is 5.59. The zero-order chi connectivity index (χ0) is 14.5. The van der Waals surface area contributed by atoms with Gasteiger partial charge in [0.15, 0.2) is 0 Å². The standard InChI is InChI=1S/C16H24N2O2/c1-3-13-7-9-14(10-8-13)11-17-15-5-4-6-16(12(15)2)18(19)20/h4-6,13-14,17H,3,7-11H2,1-2H3. The molecule has 1 aromatic carbocycles. The number of hydrogen-bond acceptors (Lipinski definition) is 3. The van der Waals surface area contributed by atoms with Crippen LogP contribution < -0.4 is 5.32 Å². The van der Waals surface area contributed by atoms with Crippen molar-refractivity contribution in [2.24, 2.45) is 11.8 Å². The maximum Gasteiger partial charge on any atom is 0.274 e. The summed E-state index contributed by atoms with van der Waals surface area (Å²) in [6, 6.07) is 5.24. The Labute approximate surface area is 120 Å². The first-order valence-corrected chi connectivity index (χ1v) is 7.59. The Morgan fingerprint density at radius 2 is 1.90 bits per heavy atom. The Morgan fingerprint density at radius 3 is 2.50 bits per heavy atom. The van der Waals surface area contributed by atoms with Crippen LogP contribution in [0.3, 0.4) is 0 Å². The molecule has 110 valence electrons. The smallest absolute Gasteiger partial charge is 0.274 e. The molecule has 1 aliphatic rings. The second-order valence-electron chi connectivity index (χ2n) is 5.88. The summed E-state index contributed by atoms with van der Waals surface area (Å²) in [7, 11) is 0. The van der Waals surface area contributed by atoms with Crippen LogP contribution in [0.15, 0.2) is 18.2 Å². The molecule has 4 heteroatoms. The third kappa shape index (κ3) is 3.50.